The third-order valence-electron chi connectivity index (χ3n) is 4.59. The lowest BCUT2D eigenvalue weighted by atomic mass is 9.98. The zero-order valence-corrected chi connectivity index (χ0v) is 20.1. The van der Waals surface area contributed by atoms with Gasteiger partial charge in [0.2, 0.25) is 17.0 Å². The van der Waals surface area contributed by atoms with Crippen LogP contribution in [0.2, 0.25) is 0 Å². The van der Waals surface area contributed by atoms with Gasteiger partial charge in [0.15, 0.2) is 5.13 Å². The molecule has 2 N–H and O–H groups in total. The van der Waals surface area contributed by atoms with Crippen LogP contribution in [0.3, 0.4) is 0 Å². The quantitative estimate of drug-likeness (QED) is 0.453. The molecule has 3 heterocycles. The number of carbonyl (C=O) groups excluding carboxylic acids is 3. The van der Waals surface area contributed by atoms with Crippen molar-refractivity contribution in [2.24, 2.45) is 0 Å². The number of nitrogens with one attached hydrogen (secondary N) is 2. The van der Waals surface area contributed by atoms with Crippen molar-refractivity contribution in [3.8, 4) is 5.75 Å². The molecule has 2 aromatic heterocycles. The molecule has 0 saturated carbocycles. The maximum absolute atomic E-state index is 13.1. The molecular weight excluding hydrogens is 523 g/mol. The summed E-state index contributed by atoms with van der Waals surface area (Å²) in [5.74, 6) is -1.02. The number of anilines is 2. The number of rotatable bonds is 6. The van der Waals surface area contributed by atoms with Gasteiger partial charge in [-0.25, -0.2) is 32.0 Å². The van der Waals surface area contributed by atoms with Gasteiger partial charge >= 0.3 is 6.03 Å². The van der Waals surface area contributed by atoms with Gasteiger partial charge in [0, 0.05) is 11.8 Å². The number of halogens is 1. The number of benzene rings is 1. The molecule has 1 atom stereocenters. The monoisotopic (exact) mass is 538 g/mol. The van der Waals surface area contributed by atoms with Crippen LogP contribution in [0.4, 0.5) is 20.7 Å². The van der Waals surface area contributed by atoms with Crippen molar-refractivity contribution >= 4 is 61.8 Å². The van der Waals surface area contributed by atoms with Crippen molar-refractivity contribution in [1.29, 1.82) is 0 Å². The number of pyridine rings is 1. The highest BCUT2D eigenvalue weighted by atomic mass is 32.2. The summed E-state index contributed by atoms with van der Waals surface area (Å²) >= 11 is -1.24. The Balaban J connectivity index is 1.48. The summed E-state index contributed by atoms with van der Waals surface area (Å²) in [6.07, 6.45) is 2.37. The molecule has 0 radical (unpaired) electrons. The fourth-order valence-corrected chi connectivity index (χ4v) is 5.45. The standard InChI is InChI=1S/C20H15FN4O7S3/c1-34(29)32-13-4-2-11-8-17(26)25(19(27)14(11)9-13)16-6-3-12(10-22-16)23-20(28)24-35(30,31)18-7-5-15(21)33-18/h2-7,9-10H,8H2,1H3,(H2,23,24,28). The maximum atomic E-state index is 13.1. The fourth-order valence-electron chi connectivity index (χ4n) is 3.17. The minimum Gasteiger partial charge on any atom is -0.401 e. The van der Waals surface area contributed by atoms with Gasteiger partial charge in [-0.3, -0.25) is 9.59 Å². The Morgan fingerprint density at radius 2 is 1.97 bits per heavy atom. The van der Waals surface area contributed by atoms with Gasteiger partial charge in [-0.15, -0.1) is 0 Å². The number of imide groups is 1. The summed E-state index contributed by atoms with van der Waals surface area (Å²) in [6.45, 7) is 0. The number of hydrogen-bond acceptors (Lipinski definition) is 9. The van der Waals surface area contributed by atoms with Crippen LogP contribution in [-0.2, 0) is 32.3 Å². The zero-order valence-electron chi connectivity index (χ0n) is 17.7. The second-order valence-corrected chi connectivity index (χ2v) is 11.0. The summed E-state index contributed by atoms with van der Waals surface area (Å²) in [5.41, 5.74) is 0.732. The van der Waals surface area contributed by atoms with Crippen LogP contribution in [-0.4, -0.2) is 41.7 Å². The molecule has 0 spiro atoms. The first-order chi connectivity index (χ1) is 16.5. The van der Waals surface area contributed by atoms with Crippen molar-refractivity contribution in [3.05, 3.63) is 64.9 Å². The van der Waals surface area contributed by atoms with E-state index in [1.807, 2.05) is 0 Å². The minimum absolute atomic E-state index is 0.0244. The Labute approximate surface area is 204 Å². The highest BCUT2D eigenvalue weighted by Gasteiger charge is 2.33. The molecule has 11 nitrogen and oxygen atoms in total. The average Bonchev–Trinajstić information content (AvgIpc) is 3.22. The normalized spacial score (nSPS) is 14.3. The van der Waals surface area contributed by atoms with Crippen LogP contribution in [0.25, 0.3) is 0 Å². The number of carbonyl (C=O) groups is 3. The number of nitrogens with zero attached hydrogens (tertiary/aromatic N) is 2. The molecule has 4 rings (SSSR count). The van der Waals surface area contributed by atoms with Crippen molar-refractivity contribution in [2.45, 2.75) is 10.6 Å². The Morgan fingerprint density at radius 1 is 1.20 bits per heavy atom. The van der Waals surface area contributed by atoms with Crippen molar-refractivity contribution in [1.82, 2.24) is 9.71 Å². The topological polar surface area (TPSA) is 152 Å². The van der Waals surface area contributed by atoms with Crippen LogP contribution in [0.5, 0.6) is 5.75 Å². The lowest BCUT2D eigenvalue weighted by Gasteiger charge is -2.26. The number of urea groups is 1. The first-order valence-electron chi connectivity index (χ1n) is 9.60. The van der Waals surface area contributed by atoms with Crippen LogP contribution in [0.15, 0.2) is 52.9 Å². The second kappa shape index (κ2) is 9.52. The van der Waals surface area contributed by atoms with E-state index in [1.165, 1.54) is 30.5 Å². The van der Waals surface area contributed by atoms with Gasteiger partial charge in [0.25, 0.3) is 15.9 Å². The summed E-state index contributed by atoms with van der Waals surface area (Å²) in [6, 6.07) is 7.91. The van der Waals surface area contributed by atoms with Crippen molar-refractivity contribution in [3.63, 3.8) is 0 Å². The molecule has 15 heteroatoms. The molecule has 1 aliphatic heterocycles. The SMILES string of the molecule is CS(=O)Oc1ccc2c(c1)C(=O)N(c1ccc(NC(=O)NS(=O)(=O)c3ccc(F)s3)cn1)C(=O)C2. The Morgan fingerprint density at radius 3 is 2.60 bits per heavy atom. The van der Waals surface area contributed by atoms with Gasteiger partial charge in [-0.1, -0.05) is 17.4 Å². The number of fused-ring (bicyclic) bond motifs is 1. The van der Waals surface area contributed by atoms with E-state index in [0.29, 0.717) is 16.9 Å². The Hall–Kier alpha value is -3.69. The molecule has 182 valence electrons. The molecule has 0 aliphatic carbocycles. The van der Waals surface area contributed by atoms with Gasteiger partial charge in [0.1, 0.15) is 15.8 Å². The summed E-state index contributed by atoms with van der Waals surface area (Å²) in [4.78, 5) is 42.5. The number of amides is 4. The molecule has 0 saturated heterocycles. The van der Waals surface area contributed by atoms with Crippen LogP contribution in [0, 0.1) is 5.13 Å². The highest BCUT2D eigenvalue weighted by molar-refractivity contribution is 7.92. The first-order valence-corrected chi connectivity index (χ1v) is 13.4. The van der Waals surface area contributed by atoms with E-state index < -0.39 is 44.1 Å². The van der Waals surface area contributed by atoms with Crippen LogP contribution < -0.4 is 19.1 Å². The van der Waals surface area contributed by atoms with Crippen molar-refractivity contribution in [2.75, 3.05) is 16.5 Å². The molecule has 3 aromatic rings. The van der Waals surface area contributed by atoms with E-state index >= 15 is 0 Å². The third kappa shape index (κ3) is 5.36. The molecule has 35 heavy (non-hydrogen) atoms. The number of sulfonamides is 1. The summed E-state index contributed by atoms with van der Waals surface area (Å²) in [5, 5.41) is 1.53. The lowest BCUT2D eigenvalue weighted by molar-refractivity contribution is -0.117. The van der Waals surface area contributed by atoms with Crippen LogP contribution in [0.1, 0.15) is 15.9 Å². The number of thiophene rings is 1. The smallest absolute Gasteiger partial charge is 0.333 e. The molecule has 1 unspecified atom stereocenters. The van der Waals surface area contributed by atoms with E-state index in [1.54, 1.807) is 10.8 Å². The van der Waals surface area contributed by atoms with Gasteiger partial charge in [-0.05, 0) is 42.0 Å². The molecular formula is C20H15FN4O7S3. The summed E-state index contributed by atoms with van der Waals surface area (Å²) in [7, 11) is -4.27. The third-order valence-corrected chi connectivity index (χ3v) is 7.72. The predicted octanol–water partition coefficient (Wildman–Crippen LogP) is 2.19. The largest absolute Gasteiger partial charge is 0.401 e. The van der Waals surface area contributed by atoms with Gasteiger partial charge in [-0.2, -0.15) is 4.39 Å². The fraction of sp³-hybridized carbons (Fsp3) is 0.100. The first kappa shape index (κ1) is 24.4. The zero-order chi connectivity index (χ0) is 25.3. The van der Waals surface area contributed by atoms with Crippen LogP contribution >= 0.6 is 11.3 Å². The second-order valence-electron chi connectivity index (χ2n) is 7.04. The molecule has 1 aromatic carbocycles. The minimum atomic E-state index is -4.27. The van der Waals surface area contributed by atoms with Crippen molar-refractivity contribution < 1.29 is 35.6 Å². The van der Waals surface area contributed by atoms with E-state index in [4.69, 9.17) is 4.18 Å². The number of aromatic nitrogens is 1. The van der Waals surface area contributed by atoms with Gasteiger partial charge in [0.05, 0.1) is 18.3 Å². The average molecular weight is 539 g/mol. The molecule has 0 bridgehead atoms. The molecule has 1 aliphatic rings. The predicted molar refractivity (Wildman–Crippen MR) is 125 cm³/mol. The van der Waals surface area contributed by atoms with E-state index in [-0.39, 0.29) is 33.4 Å². The molecule has 4 amide bonds. The van der Waals surface area contributed by atoms with E-state index in [2.05, 4.69) is 10.3 Å². The lowest BCUT2D eigenvalue weighted by Crippen LogP contribution is -2.43. The highest BCUT2D eigenvalue weighted by Crippen LogP contribution is 2.28. The Bertz CT molecular complexity index is 1470. The van der Waals surface area contributed by atoms with Gasteiger partial charge < -0.3 is 9.50 Å². The Kier molecular flexibility index (Phi) is 6.64. The maximum Gasteiger partial charge on any atom is 0.333 e. The molecule has 0 fully saturated rings. The van der Waals surface area contributed by atoms with E-state index in [9.17, 15) is 31.4 Å². The van der Waals surface area contributed by atoms with E-state index in [0.717, 1.165) is 23.2 Å². The number of hydrogen-bond donors (Lipinski definition) is 2. The summed E-state index contributed by atoms with van der Waals surface area (Å²) < 4.78 is 55.1.